The first kappa shape index (κ1) is 24.5. The van der Waals surface area contributed by atoms with Crippen molar-refractivity contribution in [2.45, 2.75) is 31.9 Å². The number of hydrogen-bond acceptors (Lipinski definition) is 6. The molecular formula is C25H25F2N3O5. The van der Waals surface area contributed by atoms with Crippen LogP contribution in [0.4, 0.5) is 14.5 Å². The van der Waals surface area contributed by atoms with Crippen LogP contribution in [0.2, 0.25) is 0 Å². The van der Waals surface area contributed by atoms with Crippen molar-refractivity contribution < 1.29 is 28.2 Å². The van der Waals surface area contributed by atoms with E-state index in [9.17, 15) is 23.5 Å². The highest BCUT2D eigenvalue weighted by Crippen LogP contribution is 2.28. The van der Waals surface area contributed by atoms with Gasteiger partial charge >= 0.3 is 0 Å². The summed E-state index contributed by atoms with van der Waals surface area (Å²) >= 11 is 0. The van der Waals surface area contributed by atoms with Gasteiger partial charge in [-0.05, 0) is 43.7 Å². The third-order valence-corrected chi connectivity index (χ3v) is 5.53. The molecule has 1 aromatic heterocycles. The van der Waals surface area contributed by atoms with Gasteiger partial charge in [-0.2, -0.15) is 5.10 Å². The summed E-state index contributed by atoms with van der Waals surface area (Å²) in [4.78, 5) is 26.5. The summed E-state index contributed by atoms with van der Waals surface area (Å²) in [6.07, 6.45) is -1.33. The van der Waals surface area contributed by atoms with Crippen molar-refractivity contribution in [1.82, 2.24) is 9.78 Å². The molecule has 2 heterocycles. The van der Waals surface area contributed by atoms with E-state index in [0.29, 0.717) is 24.5 Å². The Morgan fingerprint density at radius 3 is 2.51 bits per heavy atom. The first-order chi connectivity index (χ1) is 16.6. The number of nitrogens with zero attached hydrogens (tertiary/aromatic N) is 2. The van der Waals surface area contributed by atoms with E-state index in [1.807, 2.05) is 0 Å². The van der Waals surface area contributed by atoms with Gasteiger partial charge in [0.1, 0.15) is 23.6 Å². The summed E-state index contributed by atoms with van der Waals surface area (Å²) < 4.78 is 37.4. The van der Waals surface area contributed by atoms with Crippen LogP contribution in [-0.2, 0) is 10.3 Å². The van der Waals surface area contributed by atoms with E-state index >= 15 is 0 Å². The number of nitrogens with one attached hydrogen (secondary N) is 1. The number of alkyl halides is 2. The first-order valence-electron chi connectivity index (χ1n) is 11.0. The Bertz CT molecular complexity index is 1270. The average Bonchev–Trinajstić information content (AvgIpc) is 2.77. The number of anilines is 1. The molecule has 0 spiro atoms. The Balaban J connectivity index is 1.71. The molecule has 1 aliphatic rings. The minimum Gasteiger partial charge on any atom is -0.487 e. The summed E-state index contributed by atoms with van der Waals surface area (Å²) in [5.74, 6) is -0.594. The van der Waals surface area contributed by atoms with Crippen molar-refractivity contribution in [2.75, 3.05) is 25.1 Å². The summed E-state index contributed by atoms with van der Waals surface area (Å²) in [6.45, 7) is 3.17. The highest BCUT2D eigenvalue weighted by atomic mass is 19.3. The Morgan fingerprint density at radius 1 is 1.23 bits per heavy atom. The van der Waals surface area contributed by atoms with Crippen LogP contribution in [0.15, 0.2) is 59.5 Å². The smallest absolute Gasteiger partial charge is 0.272 e. The average molecular weight is 485 g/mol. The van der Waals surface area contributed by atoms with Crippen molar-refractivity contribution in [3.05, 3.63) is 76.1 Å². The molecule has 0 atom stereocenters. The first-order valence-corrected chi connectivity index (χ1v) is 11.0. The normalized spacial score (nSPS) is 14.0. The molecule has 35 heavy (non-hydrogen) atoms. The zero-order valence-corrected chi connectivity index (χ0v) is 19.2. The predicted octanol–water partition coefficient (Wildman–Crippen LogP) is 3.61. The molecule has 2 aromatic carbocycles. The number of aromatic nitrogens is 2. The third kappa shape index (κ3) is 5.55. The highest BCUT2D eigenvalue weighted by Gasteiger charge is 2.26. The molecule has 8 nitrogen and oxygen atoms in total. The van der Waals surface area contributed by atoms with Crippen molar-refractivity contribution in [2.24, 2.45) is 0 Å². The molecule has 2 N–H and O–H groups in total. The number of hydrogen-bond donors (Lipinski definition) is 2. The number of carbonyl (C=O) groups is 1. The minimum atomic E-state index is -2.69. The lowest BCUT2D eigenvalue weighted by Crippen LogP contribution is -2.35. The SMILES string of the molecule is CC(C)(O)c1ccc(NC(=O)c2cn(C3COC3)nc(-c3ccccc3OCC(F)F)c2=O)cc1. The van der Waals surface area contributed by atoms with Crippen LogP contribution in [0, 0.1) is 0 Å². The molecule has 1 saturated heterocycles. The predicted molar refractivity (Wildman–Crippen MR) is 125 cm³/mol. The van der Waals surface area contributed by atoms with E-state index in [1.165, 1.54) is 23.0 Å². The maximum atomic E-state index is 13.4. The molecule has 0 aliphatic carbocycles. The van der Waals surface area contributed by atoms with Crippen LogP contribution in [0.25, 0.3) is 11.3 Å². The van der Waals surface area contributed by atoms with Gasteiger partial charge in [-0.25, -0.2) is 8.78 Å². The van der Waals surface area contributed by atoms with Gasteiger partial charge in [0.2, 0.25) is 5.43 Å². The zero-order chi connectivity index (χ0) is 25.2. The lowest BCUT2D eigenvalue weighted by molar-refractivity contribution is -0.0292. The molecule has 184 valence electrons. The second-order valence-electron chi connectivity index (χ2n) is 8.68. The van der Waals surface area contributed by atoms with Crippen LogP contribution in [0.1, 0.15) is 35.8 Å². The standard InChI is InChI=1S/C25H25F2N3O5/c1-25(2,33)15-7-9-16(10-8-15)28-24(32)19-11-30(17-12-34-13-17)29-22(23(19)31)18-5-3-4-6-20(18)35-14-21(26)27/h3-11,17,21,33H,12-14H2,1-2H3,(H,28,32). The Morgan fingerprint density at radius 2 is 1.91 bits per heavy atom. The molecule has 1 amide bonds. The molecule has 4 rings (SSSR count). The third-order valence-electron chi connectivity index (χ3n) is 5.53. The number of aliphatic hydroxyl groups is 1. The van der Waals surface area contributed by atoms with Crippen molar-refractivity contribution in [1.29, 1.82) is 0 Å². The van der Waals surface area contributed by atoms with Gasteiger partial charge in [-0.3, -0.25) is 14.3 Å². The monoisotopic (exact) mass is 485 g/mol. The van der Waals surface area contributed by atoms with Crippen LogP contribution >= 0.6 is 0 Å². The summed E-state index contributed by atoms with van der Waals surface area (Å²) in [6, 6.07) is 12.6. The van der Waals surface area contributed by atoms with Crippen LogP contribution in [0.5, 0.6) is 5.75 Å². The molecule has 0 saturated carbocycles. The second-order valence-corrected chi connectivity index (χ2v) is 8.68. The number of halogens is 2. The van der Waals surface area contributed by atoms with E-state index in [0.717, 1.165) is 0 Å². The minimum absolute atomic E-state index is 0.0635. The van der Waals surface area contributed by atoms with Gasteiger partial charge in [0.15, 0.2) is 0 Å². The maximum Gasteiger partial charge on any atom is 0.272 e. The molecule has 0 unspecified atom stereocenters. The van der Waals surface area contributed by atoms with E-state index in [1.54, 1.807) is 50.2 Å². The fourth-order valence-electron chi connectivity index (χ4n) is 3.51. The summed E-state index contributed by atoms with van der Waals surface area (Å²) in [7, 11) is 0. The van der Waals surface area contributed by atoms with Crippen molar-refractivity contribution >= 4 is 11.6 Å². The van der Waals surface area contributed by atoms with E-state index in [-0.39, 0.29) is 28.6 Å². The molecular weight excluding hydrogens is 460 g/mol. The maximum absolute atomic E-state index is 13.4. The van der Waals surface area contributed by atoms with Gasteiger partial charge in [-0.15, -0.1) is 0 Å². The quantitative estimate of drug-likeness (QED) is 0.506. The van der Waals surface area contributed by atoms with E-state index in [2.05, 4.69) is 10.4 Å². The van der Waals surface area contributed by atoms with Gasteiger partial charge in [-0.1, -0.05) is 24.3 Å². The van der Waals surface area contributed by atoms with Crippen molar-refractivity contribution in [3.63, 3.8) is 0 Å². The highest BCUT2D eigenvalue weighted by molar-refractivity contribution is 6.04. The van der Waals surface area contributed by atoms with Gasteiger partial charge in [0.05, 0.1) is 24.9 Å². The number of amides is 1. The lowest BCUT2D eigenvalue weighted by atomic mass is 9.98. The molecule has 0 radical (unpaired) electrons. The molecule has 0 bridgehead atoms. The number of benzene rings is 2. The van der Waals surface area contributed by atoms with E-state index < -0.39 is 30.0 Å². The fraction of sp³-hybridized carbons (Fsp3) is 0.320. The second kappa shape index (κ2) is 9.93. The lowest BCUT2D eigenvalue weighted by Gasteiger charge is -2.28. The molecule has 10 heteroatoms. The van der Waals surface area contributed by atoms with Gasteiger partial charge < -0.3 is 19.9 Å². The topological polar surface area (TPSA) is 103 Å². The Hall–Kier alpha value is -3.63. The summed E-state index contributed by atoms with van der Waals surface area (Å²) in [5, 5.41) is 17.2. The Kier molecular flexibility index (Phi) is 6.95. The number of ether oxygens (including phenoxy) is 2. The molecule has 1 fully saturated rings. The van der Waals surface area contributed by atoms with Gasteiger partial charge in [0, 0.05) is 17.4 Å². The molecule has 1 aliphatic heterocycles. The van der Waals surface area contributed by atoms with Crippen LogP contribution in [0.3, 0.4) is 0 Å². The molecule has 3 aromatic rings. The zero-order valence-electron chi connectivity index (χ0n) is 19.2. The van der Waals surface area contributed by atoms with E-state index in [4.69, 9.17) is 9.47 Å². The largest absolute Gasteiger partial charge is 0.487 e. The van der Waals surface area contributed by atoms with Crippen molar-refractivity contribution in [3.8, 4) is 17.0 Å². The van der Waals surface area contributed by atoms with Crippen LogP contribution < -0.4 is 15.5 Å². The fourth-order valence-corrected chi connectivity index (χ4v) is 3.51. The number of carbonyl (C=O) groups excluding carboxylic acids is 1. The number of rotatable bonds is 8. The van der Waals surface area contributed by atoms with Gasteiger partial charge in [0.25, 0.3) is 12.3 Å². The number of para-hydroxylation sites is 1. The van der Waals surface area contributed by atoms with Crippen LogP contribution in [-0.4, -0.2) is 47.0 Å². The summed E-state index contributed by atoms with van der Waals surface area (Å²) in [5.41, 5.74) is -0.671. The Labute approximate surface area is 200 Å².